The van der Waals surface area contributed by atoms with Crippen molar-refractivity contribution in [1.82, 2.24) is 0 Å². The molecule has 1 saturated carbocycles. The number of carbonyl (C=O) groups is 2. The van der Waals surface area contributed by atoms with E-state index in [0.717, 1.165) is 6.42 Å². The van der Waals surface area contributed by atoms with Gasteiger partial charge in [0.25, 0.3) is 0 Å². The Hall–Kier alpha value is -0.770. The number of allylic oxidation sites excluding steroid dienone is 2. The minimum Gasteiger partial charge on any atom is -0.481 e. The summed E-state index contributed by atoms with van der Waals surface area (Å²) in [4.78, 5) is 22.0. The van der Waals surface area contributed by atoms with E-state index >= 15 is 0 Å². The number of hydrogen-bond donors (Lipinski definition) is 2. The number of hydrogen-bond acceptors (Lipinski definition) is 2. The minimum atomic E-state index is -0.871. The first-order valence-corrected chi connectivity index (χ1v) is 4.70. The molecule has 4 atom stereocenters. The second-order valence-corrected chi connectivity index (χ2v) is 4.12. The van der Waals surface area contributed by atoms with Crippen LogP contribution in [0.5, 0.6) is 0 Å². The Morgan fingerprint density at radius 3 is 2.15 bits per heavy atom. The van der Waals surface area contributed by atoms with Crippen LogP contribution in [0.2, 0.25) is 0 Å². The Labute approximate surface area is 81.2 Å². The Morgan fingerprint density at radius 2 is 1.77 bits per heavy atom. The van der Waals surface area contributed by atoms with Gasteiger partial charge in [-0.15, -0.1) is 12.6 Å². The van der Waals surface area contributed by atoms with Crippen molar-refractivity contribution < 1.29 is 14.7 Å². The minimum absolute atomic E-state index is 0.0450. The van der Waals surface area contributed by atoms with Crippen LogP contribution in [-0.4, -0.2) is 16.2 Å². The standard InChI is InChI=1S/C9H10O3S/c10-8(11)6-4-1-2-5(3-4)7(6)9(12)13/h1-2,4-7H,3H2,(H,10,11)(H,12,13)/t4-,5+,6+,7-/m0/s1. The van der Waals surface area contributed by atoms with Crippen molar-refractivity contribution in [1.29, 1.82) is 0 Å². The van der Waals surface area contributed by atoms with Crippen molar-refractivity contribution in [3.63, 3.8) is 0 Å². The number of thiol groups is 1. The molecule has 2 aliphatic rings. The molecule has 2 aliphatic carbocycles. The maximum absolute atomic E-state index is 11.1. The third-order valence-electron chi connectivity index (χ3n) is 3.03. The molecule has 0 heterocycles. The fourth-order valence-electron chi connectivity index (χ4n) is 2.50. The number of carboxylic acid groups (broad SMARTS) is 1. The van der Waals surface area contributed by atoms with Crippen molar-refractivity contribution in [2.75, 3.05) is 0 Å². The van der Waals surface area contributed by atoms with E-state index in [4.69, 9.17) is 5.11 Å². The molecule has 0 aromatic heterocycles. The van der Waals surface area contributed by atoms with Gasteiger partial charge >= 0.3 is 5.97 Å². The van der Waals surface area contributed by atoms with E-state index in [2.05, 4.69) is 12.6 Å². The maximum atomic E-state index is 11.1. The van der Waals surface area contributed by atoms with Gasteiger partial charge in [0, 0.05) is 5.92 Å². The normalized spacial score (nSPS) is 41.0. The van der Waals surface area contributed by atoms with Crippen LogP contribution in [0, 0.1) is 23.7 Å². The molecule has 0 amide bonds. The first kappa shape index (κ1) is 8.81. The largest absolute Gasteiger partial charge is 0.481 e. The van der Waals surface area contributed by atoms with Crippen LogP contribution in [-0.2, 0) is 9.59 Å². The topological polar surface area (TPSA) is 54.4 Å². The molecule has 1 fully saturated rings. The zero-order chi connectivity index (χ0) is 9.59. The third-order valence-corrected chi connectivity index (χ3v) is 3.33. The van der Waals surface area contributed by atoms with Crippen LogP contribution in [0.4, 0.5) is 0 Å². The molecule has 2 bridgehead atoms. The first-order chi connectivity index (χ1) is 6.11. The average molecular weight is 198 g/mol. The van der Waals surface area contributed by atoms with Gasteiger partial charge in [0.15, 0.2) is 5.12 Å². The van der Waals surface area contributed by atoms with E-state index < -0.39 is 17.8 Å². The summed E-state index contributed by atoms with van der Waals surface area (Å²) in [5.41, 5.74) is 0. The predicted molar refractivity (Wildman–Crippen MR) is 49.3 cm³/mol. The zero-order valence-electron chi connectivity index (χ0n) is 6.88. The Kier molecular flexibility index (Phi) is 1.95. The first-order valence-electron chi connectivity index (χ1n) is 4.25. The second kappa shape index (κ2) is 2.87. The lowest BCUT2D eigenvalue weighted by Gasteiger charge is -2.21. The molecule has 13 heavy (non-hydrogen) atoms. The van der Waals surface area contributed by atoms with Crippen LogP contribution in [0.3, 0.4) is 0 Å². The molecular weight excluding hydrogens is 188 g/mol. The summed E-state index contributed by atoms with van der Waals surface area (Å²) in [7, 11) is 0. The van der Waals surface area contributed by atoms with Gasteiger partial charge in [-0.05, 0) is 18.3 Å². The molecule has 0 aromatic rings. The summed E-state index contributed by atoms with van der Waals surface area (Å²) < 4.78 is 0. The molecule has 0 saturated heterocycles. The molecule has 0 aromatic carbocycles. The van der Waals surface area contributed by atoms with Crippen molar-refractivity contribution in [2.45, 2.75) is 6.42 Å². The van der Waals surface area contributed by atoms with Gasteiger partial charge < -0.3 is 5.11 Å². The van der Waals surface area contributed by atoms with Crippen LogP contribution in [0.15, 0.2) is 12.2 Å². The lowest BCUT2D eigenvalue weighted by atomic mass is 9.84. The fraction of sp³-hybridized carbons (Fsp3) is 0.556. The van der Waals surface area contributed by atoms with E-state index in [9.17, 15) is 9.59 Å². The maximum Gasteiger partial charge on any atom is 0.307 e. The lowest BCUT2D eigenvalue weighted by molar-refractivity contribution is -0.146. The summed E-state index contributed by atoms with van der Waals surface area (Å²) >= 11 is 3.74. The lowest BCUT2D eigenvalue weighted by Crippen LogP contribution is -2.30. The van der Waals surface area contributed by atoms with Gasteiger partial charge in [0.1, 0.15) is 0 Å². The highest BCUT2D eigenvalue weighted by Crippen LogP contribution is 2.48. The summed E-state index contributed by atoms with van der Waals surface area (Å²) in [6, 6.07) is 0. The van der Waals surface area contributed by atoms with E-state index in [1.54, 1.807) is 0 Å². The fourth-order valence-corrected chi connectivity index (χ4v) is 2.85. The Bertz CT molecular complexity index is 269. The third kappa shape index (κ3) is 1.20. The monoisotopic (exact) mass is 198 g/mol. The summed E-state index contributed by atoms with van der Waals surface area (Å²) in [6.07, 6.45) is 4.66. The summed E-state index contributed by atoms with van der Waals surface area (Å²) in [6.45, 7) is 0. The van der Waals surface area contributed by atoms with Gasteiger partial charge in [0.2, 0.25) is 0 Å². The van der Waals surface area contributed by atoms with Gasteiger partial charge in [-0.3, -0.25) is 9.59 Å². The molecule has 1 N–H and O–H groups in total. The molecule has 2 rings (SSSR count). The van der Waals surface area contributed by atoms with Gasteiger partial charge in [0.05, 0.1) is 5.92 Å². The molecule has 70 valence electrons. The van der Waals surface area contributed by atoms with Crippen molar-refractivity contribution in [3.8, 4) is 0 Å². The Balaban J connectivity index is 2.30. The number of carbonyl (C=O) groups excluding carboxylic acids is 1. The van der Waals surface area contributed by atoms with Gasteiger partial charge in [-0.1, -0.05) is 12.2 Å². The SMILES string of the molecule is O=C(S)[C@@H]1[C@H](C(=O)O)[C@H]2C=C[C@@H]1C2. The van der Waals surface area contributed by atoms with Gasteiger partial charge in [-0.2, -0.15) is 0 Å². The van der Waals surface area contributed by atoms with Crippen LogP contribution in [0.1, 0.15) is 6.42 Å². The van der Waals surface area contributed by atoms with E-state index in [0.29, 0.717) is 0 Å². The summed E-state index contributed by atoms with van der Waals surface area (Å²) in [5, 5.41) is 8.65. The Morgan fingerprint density at radius 1 is 1.23 bits per heavy atom. The number of aliphatic carboxylic acids is 1. The highest BCUT2D eigenvalue weighted by molar-refractivity contribution is 7.96. The molecule has 0 unspecified atom stereocenters. The number of carboxylic acids is 1. The smallest absolute Gasteiger partial charge is 0.307 e. The van der Waals surface area contributed by atoms with Crippen LogP contribution >= 0.6 is 12.6 Å². The quantitative estimate of drug-likeness (QED) is 0.513. The second-order valence-electron chi connectivity index (χ2n) is 3.68. The van der Waals surface area contributed by atoms with Crippen molar-refractivity contribution >= 4 is 23.7 Å². The molecule has 0 aliphatic heterocycles. The predicted octanol–water partition coefficient (Wildman–Crippen LogP) is 0.966. The van der Waals surface area contributed by atoms with E-state index in [1.165, 1.54) is 0 Å². The zero-order valence-corrected chi connectivity index (χ0v) is 7.78. The molecule has 4 heteroatoms. The molecule has 3 nitrogen and oxygen atoms in total. The van der Waals surface area contributed by atoms with Crippen LogP contribution in [0.25, 0.3) is 0 Å². The molecule has 0 radical (unpaired) electrons. The van der Waals surface area contributed by atoms with E-state index in [1.807, 2.05) is 12.2 Å². The highest BCUT2D eigenvalue weighted by Gasteiger charge is 2.50. The number of fused-ring (bicyclic) bond motifs is 2. The van der Waals surface area contributed by atoms with Crippen molar-refractivity contribution in [2.24, 2.45) is 23.7 Å². The average Bonchev–Trinajstić information content (AvgIpc) is 2.60. The molecular formula is C9H10O3S. The highest BCUT2D eigenvalue weighted by atomic mass is 32.1. The van der Waals surface area contributed by atoms with Crippen molar-refractivity contribution in [3.05, 3.63) is 12.2 Å². The number of rotatable bonds is 2. The van der Waals surface area contributed by atoms with E-state index in [-0.39, 0.29) is 17.0 Å². The van der Waals surface area contributed by atoms with Crippen LogP contribution < -0.4 is 0 Å². The van der Waals surface area contributed by atoms with Gasteiger partial charge in [-0.25, -0.2) is 0 Å². The summed E-state index contributed by atoms with van der Waals surface area (Å²) in [5.74, 6) is -1.67. The molecule has 0 spiro atoms.